The summed E-state index contributed by atoms with van der Waals surface area (Å²) in [5.74, 6) is -0.778. The van der Waals surface area contributed by atoms with Gasteiger partial charge in [0.05, 0.1) is 27.7 Å². The summed E-state index contributed by atoms with van der Waals surface area (Å²) in [4.78, 5) is 35.9. The zero-order valence-electron chi connectivity index (χ0n) is 59.9. The van der Waals surface area contributed by atoms with Crippen LogP contribution in [0.4, 0.5) is 0 Å². The number of carbonyl (C=O) groups is 2. The van der Waals surface area contributed by atoms with Crippen LogP contribution in [0.25, 0.3) is 0 Å². The van der Waals surface area contributed by atoms with Crippen molar-refractivity contribution in [2.45, 2.75) is 367 Å². The summed E-state index contributed by atoms with van der Waals surface area (Å²) < 4.78 is 34.8. The molecule has 0 aromatic rings. The molecule has 0 aliphatic rings. The molecule has 0 saturated heterocycles. The fraction of sp³-hybridized carbons (Fsp3) is 0.800. The predicted octanol–water partition coefficient (Wildman–Crippen LogP) is 25.3. The van der Waals surface area contributed by atoms with Crippen LogP contribution >= 0.6 is 7.82 Å². The van der Waals surface area contributed by atoms with Crippen LogP contribution < -0.4 is 0 Å². The number of esters is 2. The fourth-order valence-electron chi connectivity index (χ4n) is 11.1. The Labute approximate surface area is 558 Å². The molecule has 0 aromatic heterocycles. The summed E-state index contributed by atoms with van der Waals surface area (Å²) in [6, 6.07) is 0. The minimum Gasteiger partial charge on any atom is -0.462 e. The first-order valence-corrected chi connectivity index (χ1v) is 39.8. The number of hydrogen-bond donors (Lipinski definition) is 1. The zero-order chi connectivity index (χ0) is 65.5. The Hall–Kier alpha value is -2.81. The first-order chi connectivity index (χ1) is 44.0. The highest BCUT2D eigenvalue weighted by Gasteiger charge is 2.27. The third kappa shape index (κ3) is 74.2. The van der Waals surface area contributed by atoms with Crippen LogP contribution in [0, 0.1) is 0 Å². The van der Waals surface area contributed by atoms with Gasteiger partial charge in [0.2, 0.25) is 0 Å². The molecule has 0 aromatic carbocycles. The van der Waals surface area contributed by atoms with Crippen LogP contribution in [-0.4, -0.2) is 74.9 Å². The van der Waals surface area contributed by atoms with Gasteiger partial charge in [-0.2, -0.15) is 0 Å². The van der Waals surface area contributed by atoms with E-state index < -0.39 is 26.5 Å². The number of ether oxygens (including phenoxy) is 2. The minimum atomic E-state index is -4.39. The van der Waals surface area contributed by atoms with Crippen molar-refractivity contribution in [3.05, 3.63) is 85.1 Å². The number of rotatable bonds is 71. The molecule has 524 valence electrons. The van der Waals surface area contributed by atoms with E-state index in [4.69, 9.17) is 18.5 Å². The lowest BCUT2D eigenvalue weighted by atomic mass is 10.0. The van der Waals surface area contributed by atoms with Crippen LogP contribution in [-0.2, 0) is 32.7 Å². The number of hydrogen-bond acceptors (Lipinski definition) is 7. The van der Waals surface area contributed by atoms with Gasteiger partial charge in [-0.25, -0.2) is 4.57 Å². The zero-order valence-corrected chi connectivity index (χ0v) is 60.8. The summed E-state index contributed by atoms with van der Waals surface area (Å²) in [6.45, 7) is 4.38. The number of allylic oxidation sites excluding steroid dienone is 14. The maximum absolute atomic E-state index is 12.9. The molecule has 0 heterocycles. The third-order valence-corrected chi connectivity index (χ3v) is 17.9. The summed E-state index contributed by atoms with van der Waals surface area (Å²) >= 11 is 0. The SMILES string of the molecule is CC/C=C\C/C=C\C/C=C\C/C=C\C/C=C\C/C=C\C/C=C\CCCCCCCCCCCCCCCCCCCCCC(=O)OC(COC(=O)CCCCCCCCCCCCCCCCCCCCCCCCCCC)COP(=O)(O)OCC[N+](C)(C)C. The molecule has 2 atom stereocenters. The second kappa shape index (κ2) is 70.5. The van der Waals surface area contributed by atoms with E-state index in [9.17, 15) is 19.0 Å². The second-order valence-electron chi connectivity index (χ2n) is 27.0. The monoisotopic (exact) mass is 1280 g/mol. The van der Waals surface area contributed by atoms with Gasteiger partial charge in [0.1, 0.15) is 19.8 Å². The first-order valence-electron chi connectivity index (χ1n) is 38.3. The van der Waals surface area contributed by atoms with Crippen LogP contribution in [0.3, 0.4) is 0 Å². The van der Waals surface area contributed by atoms with Gasteiger partial charge in [-0.1, -0.05) is 362 Å². The van der Waals surface area contributed by atoms with Gasteiger partial charge in [0.25, 0.3) is 0 Å². The molecule has 9 nitrogen and oxygen atoms in total. The quantitative estimate of drug-likeness (QED) is 0.0211. The van der Waals surface area contributed by atoms with Crippen molar-refractivity contribution < 1.29 is 42.1 Å². The van der Waals surface area contributed by atoms with Gasteiger partial charge >= 0.3 is 19.8 Å². The van der Waals surface area contributed by atoms with Crippen molar-refractivity contribution in [3.8, 4) is 0 Å². The number of unbranched alkanes of at least 4 members (excludes halogenated alkanes) is 43. The maximum atomic E-state index is 12.9. The molecule has 2 unspecified atom stereocenters. The molecule has 0 aliphatic heterocycles. The Balaban J connectivity index is 3.94. The molecular formula is C80H147NO8P+. The second-order valence-corrected chi connectivity index (χ2v) is 28.5. The molecule has 0 rings (SSSR count). The van der Waals surface area contributed by atoms with Crippen molar-refractivity contribution in [1.82, 2.24) is 0 Å². The molecule has 1 N–H and O–H groups in total. The lowest BCUT2D eigenvalue weighted by Gasteiger charge is -2.24. The standard InChI is InChI=1S/C80H146NO8P/c1-6-8-10-12-14-16-18-20-22-24-26-28-30-32-33-34-35-36-37-38-39-40-41-42-43-44-45-46-47-49-51-53-55-57-59-61-63-65-67-69-71-73-80(83)89-78(77-88-90(84,85)87-75-74-81(3,4)5)76-86-79(82)72-70-68-66-64-62-60-58-56-54-52-50-48-31-29-27-25-23-21-19-17-15-13-11-9-7-2/h8,10,14,16,20,22,26,28,32-33,35-36,38-39,78H,6-7,9,11-13,15,17-19,21,23-25,27,29-31,34,37,40-77H2,1-5H3/p+1/b10-8-,16-14-,22-20-,28-26-,33-32-,36-35-,39-38-. The van der Waals surface area contributed by atoms with E-state index in [1.165, 1.54) is 250 Å². The normalized spacial score (nSPS) is 13.5. The van der Waals surface area contributed by atoms with Crippen molar-refractivity contribution in [2.24, 2.45) is 0 Å². The van der Waals surface area contributed by atoms with Crippen LogP contribution in [0.2, 0.25) is 0 Å². The summed E-state index contributed by atoms with van der Waals surface area (Å²) in [5, 5.41) is 0. The fourth-order valence-corrected chi connectivity index (χ4v) is 11.9. The van der Waals surface area contributed by atoms with Crippen LogP contribution in [0.15, 0.2) is 85.1 Å². The Bertz CT molecular complexity index is 1800. The van der Waals surface area contributed by atoms with Gasteiger partial charge in [-0.3, -0.25) is 18.6 Å². The predicted molar refractivity (Wildman–Crippen MR) is 390 cm³/mol. The molecule has 0 saturated carbocycles. The van der Waals surface area contributed by atoms with E-state index in [-0.39, 0.29) is 25.6 Å². The molecule has 0 bridgehead atoms. The number of phosphoric acid groups is 1. The van der Waals surface area contributed by atoms with E-state index in [2.05, 4.69) is 98.9 Å². The van der Waals surface area contributed by atoms with Gasteiger partial charge < -0.3 is 18.9 Å². The number of carbonyl (C=O) groups excluding carboxylic acids is 2. The Morgan fingerprint density at radius 2 is 0.633 bits per heavy atom. The lowest BCUT2D eigenvalue weighted by molar-refractivity contribution is -0.870. The summed E-state index contributed by atoms with van der Waals surface area (Å²) in [6.07, 6.45) is 97.1. The summed E-state index contributed by atoms with van der Waals surface area (Å²) in [5.41, 5.74) is 0. The topological polar surface area (TPSA) is 108 Å². The lowest BCUT2D eigenvalue weighted by Crippen LogP contribution is -2.37. The van der Waals surface area contributed by atoms with E-state index in [0.717, 1.165) is 77.0 Å². The molecule has 0 radical (unpaired) electrons. The Morgan fingerprint density at radius 3 is 0.944 bits per heavy atom. The first kappa shape index (κ1) is 87.2. The molecule has 10 heteroatoms. The van der Waals surface area contributed by atoms with Gasteiger partial charge in [0.15, 0.2) is 6.10 Å². The highest BCUT2D eigenvalue weighted by molar-refractivity contribution is 7.47. The molecule has 0 fully saturated rings. The van der Waals surface area contributed by atoms with Gasteiger partial charge in [-0.05, 0) is 70.6 Å². The third-order valence-electron chi connectivity index (χ3n) is 16.9. The molecule has 0 aliphatic carbocycles. The number of quaternary nitrogens is 1. The largest absolute Gasteiger partial charge is 0.472 e. The van der Waals surface area contributed by atoms with Crippen molar-refractivity contribution in [3.63, 3.8) is 0 Å². The number of likely N-dealkylation sites (N-methyl/N-ethyl adjacent to an activating group) is 1. The highest BCUT2D eigenvalue weighted by Crippen LogP contribution is 2.43. The van der Waals surface area contributed by atoms with E-state index in [1.54, 1.807) is 0 Å². The van der Waals surface area contributed by atoms with E-state index in [0.29, 0.717) is 23.9 Å². The van der Waals surface area contributed by atoms with Crippen molar-refractivity contribution >= 4 is 19.8 Å². The van der Waals surface area contributed by atoms with Gasteiger partial charge in [-0.15, -0.1) is 0 Å². The van der Waals surface area contributed by atoms with E-state index in [1.807, 2.05) is 21.1 Å². The molecule has 0 amide bonds. The molecular weight excluding hydrogens is 1130 g/mol. The van der Waals surface area contributed by atoms with Crippen LogP contribution in [0.5, 0.6) is 0 Å². The highest BCUT2D eigenvalue weighted by atomic mass is 31.2. The van der Waals surface area contributed by atoms with Gasteiger partial charge in [0, 0.05) is 12.8 Å². The van der Waals surface area contributed by atoms with E-state index >= 15 is 0 Å². The average Bonchev–Trinajstić information content (AvgIpc) is 3.62. The number of nitrogens with zero attached hydrogens (tertiary/aromatic N) is 1. The smallest absolute Gasteiger partial charge is 0.462 e. The molecule has 0 spiro atoms. The number of phosphoric ester groups is 1. The minimum absolute atomic E-state index is 0.0330. The van der Waals surface area contributed by atoms with Crippen molar-refractivity contribution in [2.75, 3.05) is 47.5 Å². The Morgan fingerprint density at radius 1 is 0.356 bits per heavy atom. The van der Waals surface area contributed by atoms with Crippen LogP contribution in [0.1, 0.15) is 361 Å². The summed E-state index contributed by atoms with van der Waals surface area (Å²) in [7, 11) is 1.49. The van der Waals surface area contributed by atoms with Crippen molar-refractivity contribution in [1.29, 1.82) is 0 Å². The Kier molecular flexibility index (Phi) is 68.3. The molecule has 90 heavy (non-hydrogen) atoms. The maximum Gasteiger partial charge on any atom is 0.472 e. The average molecular weight is 1280 g/mol.